The van der Waals surface area contributed by atoms with E-state index in [0.29, 0.717) is 17.6 Å². The molecule has 0 saturated heterocycles. The number of unbranched alkanes of at least 4 members (excludes halogenated alkanes) is 2. The van der Waals surface area contributed by atoms with Gasteiger partial charge in [-0.2, -0.15) is 0 Å². The molecule has 1 N–H and O–H groups in total. The minimum atomic E-state index is -4.24. The van der Waals surface area contributed by atoms with E-state index in [-0.39, 0.29) is 26.2 Å². The van der Waals surface area contributed by atoms with Gasteiger partial charge in [-0.15, -0.1) is 0 Å². The molecule has 9 heteroatoms. The fourth-order valence-electron chi connectivity index (χ4n) is 3.08. The minimum absolute atomic E-state index is 0.0745. The number of ether oxygens (including phenoxy) is 2. The first kappa shape index (κ1) is 38.2. The Morgan fingerprint density at radius 1 is 0.775 bits per heavy atom. The lowest BCUT2D eigenvalue weighted by molar-refractivity contribution is -0.870. The van der Waals surface area contributed by atoms with E-state index < -0.39 is 19.9 Å². The zero-order valence-corrected chi connectivity index (χ0v) is 26.4. The maximum absolute atomic E-state index is 12.1. The molecule has 0 radical (unpaired) electrons. The first-order chi connectivity index (χ1) is 19.1. The molecule has 0 aromatic carbocycles. The lowest BCUT2D eigenvalue weighted by Crippen LogP contribution is -2.37. The van der Waals surface area contributed by atoms with Gasteiger partial charge in [0, 0.05) is 13.0 Å². The predicted molar refractivity (Wildman–Crippen MR) is 164 cm³/mol. The summed E-state index contributed by atoms with van der Waals surface area (Å²) in [4.78, 5) is 21.6. The molecule has 2 unspecified atom stereocenters. The molecule has 0 aliphatic heterocycles. The Labute approximate surface area is 243 Å². The van der Waals surface area contributed by atoms with Gasteiger partial charge in [-0.1, -0.05) is 74.6 Å². The summed E-state index contributed by atoms with van der Waals surface area (Å²) >= 11 is 0. The third-order valence-corrected chi connectivity index (χ3v) is 6.38. The number of carbonyl (C=O) groups excluding carboxylic acids is 1. The number of carbonyl (C=O) groups is 1. The number of hydrogen-bond donors (Lipinski definition) is 1. The highest BCUT2D eigenvalue weighted by Gasteiger charge is 2.26. The molecule has 8 nitrogen and oxygen atoms in total. The van der Waals surface area contributed by atoms with Gasteiger partial charge in [-0.05, 0) is 51.4 Å². The van der Waals surface area contributed by atoms with E-state index in [9.17, 15) is 14.3 Å². The molecule has 0 heterocycles. The van der Waals surface area contributed by atoms with E-state index >= 15 is 0 Å². The van der Waals surface area contributed by atoms with Crippen molar-refractivity contribution in [1.82, 2.24) is 0 Å². The SMILES string of the molecule is CC/C=C\C/C=C\C/C=C\C/C=C\C/C=C\CCCCOCC(COP(=O)(O)OCC[N+](C)(C)C)OC(=O)CC. The van der Waals surface area contributed by atoms with Gasteiger partial charge in [-0.3, -0.25) is 13.8 Å². The topological polar surface area (TPSA) is 91.3 Å². The summed E-state index contributed by atoms with van der Waals surface area (Å²) in [5.74, 6) is -0.422. The average molecular weight is 585 g/mol. The van der Waals surface area contributed by atoms with Crippen LogP contribution >= 0.6 is 7.82 Å². The Hall–Kier alpha value is -1.80. The van der Waals surface area contributed by atoms with Gasteiger partial charge >= 0.3 is 13.8 Å². The van der Waals surface area contributed by atoms with Gasteiger partial charge in [-0.25, -0.2) is 4.57 Å². The number of quaternary nitrogens is 1. The summed E-state index contributed by atoms with van der Waals surface area (Å²) in [5, 5.41) is 0. The van der Waals surface area contributed by atoms with Crippen LogP contribution in [0.1, 0.15) is 71.6 Å². The second-order valence-corrected chi connectivity index (χ2v) is 11.8. The number of rotatable bonds is 25. The lowest BCUT2D eigenvalue weighted by Gasteiger charge is -2.24. The quantitative estimate of drug-likeness (QED) is 0.0403. The highest BCUT2D eigenvalue weighted by atomic mass is 31.2. The molecule has 0 saturated carbocycles. The molecule has 2 atom stereocenters. The van der Waals surface area contributed by atoms with Gasteiger partial charge in [0.05, 0.1) is 34.4 Å². The molecule has 0 aliphatic carbocycles. The summed E-state index contributed by atoms with van der Waals surface area (Å²) in [5.41, 5.74) is 0. The van der Waals surface area contributed by atoms with Crippen LogP contribution in [-0.4, -0.2) is 75.6 Å². The Kier molecular flexibility index (Phi) is 23.8. The summed E-state index contributed by atoms with van der Waals surface area (Å²) in [6, 6.07) is 0. The van der Waals surface area contributed by atoms with Crippen LogP contribution in [0.4, 0.5) is 0 Å². The fraction of sp³-hybridized carbons (Fsp3) is 0.645. The van der Waals surface area contributed by atoms with Crippen LogP contribution in [0, 0.1) is 0 Å². The molecule has 230 valence electrons. The minimum Gasteiger partial charge on any atom is -0.457 e. The molecule has 0 amide bonds. The number of esters is 1. The molecule has 0 bridgehead atoms. The number of likely N-dealkylation sites (N-methyl/N-ethyl adjacent to an activating group) is 1. The maximum atomic E-state index is 12.1. The zero-order chi connectivity index (χ0) is 30.0. The maximum Gasteiger partial charge on any atom is 0.472 e. The van der Waals surface area contributed by atoms with Crippen LogP contribution in [0.5, 0.6) is 0 Å². The van der Waals surface area contributed by atoms with E-state index in [1.807, 2.05) is 21.1 Å². The number of phosphoric ester groups is 1. The van der Waals surface area contributed by atoms with Crippen molar-refractivity contribution in [3.05, 3.63) is 60.8 Å². The number of nitrogens with zero attached hydrogens (tertiary/aromatic N) is 1. The molecule has 0 rings (SSSR count). The number of hydrogen-bond acceptors (Lipinski definition) is 6. The van der Waals surface area contributed by atoms with E-state index in [0.717, 1.165) is 51.4 Å². The molecule has 0 aromatic rings. The molecule has 0 aliphatic rings. The largest absolute Gasteiger partial charge is 0.472 e. The van der Waals surface area contributed by atoms with Crippen LogP contribution in [0.2, 0.25) is 0 Å². The standard InChI is InChI=1S/C31H54NO7P/c1-6-8-9-10-11-12-13-14-15-16-17-18-19-20-21-22-23-24-26-36-28-30(39-31(33)7-2)29-38-40(34,35)37-27-25-32(3,4)5/h8-9,11-12,14-15,17-18,20-21,30H,6-7,10,13,16,19,22-29H2,1-5H3/p+1/b9-8-,12-11-,15-14-,18-17-,21-20-. The average Bonchev–Trinajstić information content (AvgIpc) is 2.89. The highest BCUT2D eigenvalue weighted by Crippen LogP contribution is 2.43. The Balaban J connectivity index is 4.03. The van der Waals surface area contributed by atoms with Crippen molar-refractivity contribution in [2.24, 2.45) is 0 Å². The second-order valence-electron chi connectivity index (χ2n) is 10.4. The van der Waals surface area contributed by atoms with Gasteiger partial charge in [0.25, 0.3) is 0 Å². The van der Waals surface area contributed by atoms with Gasteiger partial charge in [0.2, 0.25) is 0 Å². The second kappa shape index (κ2) is 25.0. The van der Waals surface area contributed by atoms with E-state index in [4.69, 9.17) is 18.5 Å². The first-order valence-corrected chi connectivity index (χ1v) is 16.0. The Bertz CT molecular complexity index is 828. The summed E-state index contributed by atoms with van der Waals surface area (Å²) in [6.07, 6.45) is 29.0. The van der Waals surface area contributed by atoms with Crippen molar-refractivity contribution in [2.75, 3.05) is 54.1 Å². The Morgan fingerprint density at radius 3 is 1.85 bits per heavy atom. The monoisotopic (exact) mass is 584 g/mol. The highest BCUT2D eigenvalue weighted by molar-refractivity contribution is 7.47. The number of phosphoric acid groups is 1. The molecular weight excluding hydrogens is 529 g/mol. The van der Waals surface area contributed by atoms with Crippen LogP contribution in [-0.2, 0) is 27.9 Å². The van der Waals surface area contributed by atoms with Crippen molar-refractivity contribution >= 4 is 13.8 Å². The van der Waals surface area contributed by atoms with E-state index in [1.165, 1.54) is 0 Å². The van der Waals surface area contributed by atoms with Gasteiger partial charge in [0.1, 0.15) is 19.3 Å². The molecule has 0 aromatic heterocycles. The molecule has 0 fully saturated rings. The molecule has 40 heavy (non-hydrogen) atoms. The third kappa shape index (κ3) is 27.8. The van der Waals surface area contributed by atoms with Crippen LogP contribution in [0.15, 0.2) is 60.8 Å². The van der Waals surface area contributed by atoms with Crippen molar-refractivity contribution in [2.45, 2.75) is 77.7 Å². The van der Waals surface area contributed by atoms with Gasteiger partial charge < -0.3 is 18.9 Å². The van der Waals surface area contributed by atoms with Gasteiger partial charge in [0.15, 0.2) is 0 Å². The number of allylic oxidation sites excluding steroid dienone is 10. The summed E-state index contributed by atoms with van der Waals surface area (Å²) < 4.78 is 33.7. The molecule has 0 spiro atoms. The smallest absolute Gasteiger partial charge is 0.457 e. The fourth-order valence-corrected chi connectivity index (χ4v) is 3.82. The zero-order valence-electron chi connectivity index (χ0n) is 25.5. The van der Waals surface area contributed by atoms with Crippen LogP contribution in [0.25, 0.3) is 0 Å². The van der Waals surface area contributed by atoms with Crippen molar-refractivity contribution in [3.8, 4) is 0 Å². The normalized spacial score (nSPS) is 15.2. The van der Waals surface area contributed by atoms with Crippen LogP contribution < -0.4 is 0 Å². The van der Waals surface area contributed by atoms with E-state index in [2.05, 4.69) is 67.7 Å². The lowest BCUT2D eigenvalue weighted by atomic mass is 10.2. The van der Waals surface area contributed by atoms with Crippen molar-refractivity contribution < 1.29 is 37.3 Å². The van der Waals surface area contributed by atoms with Crippen molar-refractivity contribution in [3.63, 3.8) is 0 Å². The first-order valence-electron chi connectivity index (χ1n) is 14.5. The van der Waals surface area contributed by atoms with E-state index in [1.54, 1.807) is 6.92 Å². The molecular formula is C31H55NO7P+. The van der Waals surface area contributed by atoms with Crippen molar-refractivity contribution in [1.29, 1.82) is 0 Å². The summed E-state index contributed by atoms with van der Waals surface area (Å²) in [7, 11) is 1.61. The Morgan fingerprint density at radius 2 is 1.32 bits per heavy atom. The predicted octanol–water partition coefficient (Wildman–Crippen LogP) is 7.09. The summed E-state index contributed by atoms with van der Waals surface area (Å²) in [6.45, 7) is 4.76. The van der Waals surface area contributed by atoms with Crippen LogP contribution in [0.3, 0.4) is 0 Å². The third-order valence-electron chi connectivity index (χ3n) is 5.40.